The van der Waals surface area contributed by atoms with Crippen LogP contribution in [-0.4, -0.2) is 36.1 Å². The first-order valence-electron chi connectivity index (χ1n) is 5.75. The molecule has 0 saturated heterocycles. The van der Waals surface area contributed by atoms with E-state index in [1.165, 1.54) is 29.4 Å². The van der Waals surface area contributed by atoms with Crippen molar-refractivity contribution in [3.05, 3.63) is 24.2 Å². The van der Waals surface area contributed by atoms with Gasteiger partial charge in [0.1, 0.15) is 16.9 Å². The Morgan fingerprint density at radius 1 is 1.40 bits per heavy atom. The van der Waals surface area contributed by atoms with Crippen molar-refractivity contribution in [3.8, 4) is 0 Å². The largest absolute Gasteiger partial charge is 0.341 e. The molecule has 7 nitrogen and oxygen atoms in total. The number of anilines is 1. The molecule has 0 aliphatic rings. The first-order chi connectivity index (χ1) is 9.74. The molecule has 0 fully saturated rings. The molecule has 1 atom stereocenters. The number of thioether (sulfide) groups is 1. The van der Waals surface area contributed by atoms with Gasteiger partial charge in [-0.3, -0.25) is 4.79 Å². The van der Waals surface area contributed by atoms with Crippen molar-refractivity contribution in [3.63, 3.8) is 0 Å². The smallest absolute Gasteiger partial charge is 0.239 e. The van der Waals surface area contributed by atoms with E-state index in [9.17, 15) is 4.79 Å². The van der Waals surface area contributed by atoms with Crippen molar-refractivity contribution in [1.29, 1.82) is 0 Å². The molecule has 0 spiro atoms. The van der Waals surface area contributed by atoms with Gasteiger partial charge in [0.2, 0.25) is 5.91 Å². The highest BCUT2D eigenvalue weighted by Gasteiger charge is 2.18. The van der Waals surface area contributed by atoms with E-state index in [2.05, 4.69) is 30.2 Å². The Morgan fingerprint density at radius 2 is 2.30 bits per heavy atom. The molecule has 102 valence electrons. The molecule has 2 N–H and O–H groups in total. The second kappa shape index (κ2) is 5.55. The number of fused-ring (bicyclic) bond motifs is 1. The van der Waals surface area contributed by atoms with Gasteiger partial charge in [0.05, 0.1) is 11.6 Å². The third-order valence-corrected chi connectivity index (χ3v) is 4.30. The van der Waals surface area contributed by atoms with Crippen LogP contribution in [-0.2, 0) is 4.79 Å². The van der Waals surface area contributed by atoms with Crippen molar-refractivity contribution in [2.75, 3.05) is 5.32 Å². The number of nitrogens with one attached hydrogen (secondary N) is 2. The molecule has 0 aliphatic carbocycles. The summed E-state index contributed by atoms with van der Waals surface area (Å²) in [4.78, 5) is 31.3. The second-order valence-corrected chi connectivity index (χ2v) is 6.09. The number of nitrogens with zero attached hydrogens (tertiary/aromatic N) is 4. The fourth-order valence-electron chi connectivity index (χ4n) is 1.55. The Bertz CT molecular complexity index is 725. The molecule has 9 heteroatoms. The molecule has 0 aromatic carbocycles. The zero-order valence-corrected chi connectivity index (χ0v) is 12.0. The lowest BCUT2D eigenvalue weighted by molar-refractivity contribution is -0.115. The van der Waals surface area contributed by atoms with Gasteiger partial charge in [-0.05, 0) is 6.92 Å². The number of aromatic amines is 1. The average molecular weight is 306 g/mol. The summed E-state index contributed by atoms with van der Waals surface area (Å²) in [5.74, 6) is -0.115. The molecule has 0 aliphatic heterocycles. The number of hydrogen-bond acceptors (Lipinski definition) is 7. The van der Waals surface area contributed by atoms with E-state index in [0.29, 0.717) is 15.8 Å². The molecule has 0 saturated carbocycles. The van der Waals surface area contributed by atoms with Crippen LogP contribution >= 0.6 is 23.1 Å². The normalized spacial score (nSPS) is 12.4. The summed E-state index contributed by atoms with van der Waals surface area (Å²) in [5, 5.41) is 5.57. The molecule has 0 bridgehead atoms. The van der Waals surface area contributed by atoms with Gasteiger partial charge in [-0.25, -0.2) is 19.9 Å². The third kappa shape index (κ3) is 2.63. The summed E-state index contributed by atoms with van der Waals surface area (Å²) in [6.07, 6.45) is 4.65. The summed E-state index contributed by atoms with van der Waals surface area (Å²) in [6.45, 7) is 1.82. The van der Waals surface area contributed by atoms with Crippen LogP contribution in [0.5, 0.6) is 0 Å². The van der Waals surface area contributed by atoms with E-state index >= 15 is 0 Å². The van der Waals surface area contributed by atoms with Crippen LogP contribution in [0.3, 0.4) is 0 Å². The Labute approximate surface area is 122 Å². The van der Waals surface area contributed by atoms with Gasteiger partial charge in [0.25, 0.3) is 0 Å². The van der Waals surface area contributed by atoms with Gasteiger partial charge in [-0.15, -0.1) is 11.3 Å². The van der Waals surface area contributed by atoms with Gasteiger partial charge in [-0.2, -0.15) is 0 Å². The maximum absolute atomic E-state index is 12.1. The number of carbonyl (C=O) groups is 1. The summed E-state index contributed by atoms with van der Waals surface area (Å²) in [6, 6.07) is 0. The van der Waals surface area contributed by atoms with E-state index in [1.54, 1.807) is 12.5 Å². The fraction of sp³-hybridized carbons (Fsp3) is 0.182. The summed E-state index contributed by atoms with van der Waals surface area (Å²) in [7, 11) is 0. The molecular weight excluding hydrogens is 296 g/mol. The number of carbonyl (C=O) groups excluding carboxylic acids is 1. The highest BCUT2D eigenvalue weighted by molar-refractivity contribution is 8.00. The van der Waals surface area contributed by atoms with Crippen LogP contribution < -0.4 is 5.32 Å². The number of H-pyrrole nitrogens is 1. The van der Waals surface area contributed by atoms with Crippen molar-refractivity contribution in [2.45, 2.75) is 17.2 Å². The van der Waals surface area contributed by atoms with E-state index in [-0.39, 0.29) is 11.2 Å². The minimum absolute atomic E-state index is 0.115. The monoisotopic (exact) mass is 306 g/mol. The molecule has 20 heavy (non-hydrogen) atoms. The topological polar surface area (TPSA) is 96.5 Å². The first-order valence-corrected chi connectivity index (χ1v) is 7.51. The van der Waals surface area contributed by atoms with Crippen molar-refractivity contribution >= 4 is 45.3 Å². The van der Waals surface area contributed by atoms with Gasteiger partial charge >= 0.3 is 0 Å². The number of imidazole rings is 1. The molecule has 3 rings (SSSR count). The Morgan fingerprint density at radius 3 is 3.10 bits per heavy atom. The number of amides is 1. The first kappa shape index (κ1) is 13.0. The Kier molecular flexibility index (Phi) is 3.61. The molecule has 0 radical (unpaired) electrons. The summed E-state index contributed by atoms with van der Waals surface area (Å²) < 4.78 is 0. The van der Waals surface area contributed by atoms with E-state index in [0.717, 1.165) is 5.52 Å². The van der Waals surface area contributed by atoms with Crippen LogP contribution in [0.25, 0.3) is 11.2 Å². The zero-order chi connectivity index (χ0) is 13.9. The Balaban J connectivity index is 1.73. The van der Waals surface area contributed by atoms with E-state index in [4.69, 9.17) is 0 Å². The van der Waals surface area contributed by atoms with Crippen LogP contribution in [0.4, 0.5) is 5.13 Å². The molecule has 3 aromatic rings. The zero-order valence-electron chi connectivity index (χ0n) is 10.4. The van der Waals surface area contributed by atoms with E-state index < -0.39 is 0 Å². The van der Waals surface area contributed by atoms with Gasteiger partial charge in [0.15, 0.2) is 10.8 Å². The molecule has 1 unspecified atom stereocenters. The number of rotatable bonds is 4. The van der Waals surface area contributed by atoms with Crippen LogP contribution in [0.1, 0.15) is 6.92 Å². The minimum atomic E-state index is -0.305. The number of thiazole rings is 1. The summed E-state index contributed by atoms with van der Waals surface area (Å²) >= 11 is 2.73. The molecular formula is C11H10N6OS2. The fourth-order valence-corrected chi connectivity index (χ4v) is 2.95. The predicted molar refractivity (Wildman–Crippen MR) is 77.7 cm³/mol. The van der Waals surface area contributed by atoms with E-state index in [1.807, 2.05) is 12.3 Å². The standard InChI is InChI=1S/C11H10N6OS2/c1-6(9(18)17-11-12-2-3-19-11)20-10-7-8(14-4-13-7)15-5-16-10/h2-6H,1H3,(H,12,17,18)(H,13,14,15,16). The third-order valence-electron chi connectivity index (χ3n) is 2.51. The lowest BCUT2D eigenvalue weighted by Gasteiger charge is -2.09. The van der Waals surface area contributed by atoms with Crippen molar-refractivity contribution in [2.24, 2.45) is 0 Å². The summed E-state index contributed by atoms with van der Waals surface area (Å²) in [5.41, 5.74) is 1.33. The minimum Gasteiger partial charge on any atom is -0.341 e. The lowest BCUT2D eigenvalue weighted by atomic mass is 10.4. The quantitative estimate of drug-likeness (QED) is 0.565. The predicted octanol–water partition coefficient (Wildman–Crippen LogP) is 1.93. The van der Waals surface area contributed by atoms with Crippen molar-refractivity contribution < 1.29 is 4.79 Å². The SMILES string of the molecule is CC(Sc1ncnc2nc[nH]c12)C(=O)Nc1nccs1. The molecule has 3 heterocycles. The van der Waals surface area contributed by atoms with Gasteiger partial charge in [-0.1, -0.05) is 11.8 Å². The van der Waals surface area contributed by atoms with Gasteiger partial charge in [0, 0.05) is 11.6 Å². The lowest BCUT2D eigenvalue weighted by Crippen LogP contribution is -2.22. The van der Waals surface area contributed by atoms with Crippen LogP contribution in [0.2, 0.25) is 0 Å². The maximum atomic E-state index is 12.1. The van der Waals surface area contributed by atoms with Crippen molar-refractivity contribution in [1.82, 2.24) is 24.9 Å². The molecule has 1 amide bonds. The second-order valence-electron chi connectivity index (χ2n) is 3.87. The van der Waals surface area contributed by atoms with Gasteiger partial charge < -0.3 is 10.3 Å². The maximum Gasteiger partial charge on any atom is 0.239 e. The number of hydrogen-bond donors (Lipinski definition) is 2. The van der Waals surface area contributed by atoms with Crippen LogP contribution in [0, 0.1) is 0 Å². The average Bonchev–Trinajstić information content (AvgIpc) is 3.09. The highest BCUT2D eigenvalue weighted by atomic mass is 32.2. The molecule has 3 aromatic heterocycles. The number of aromatic nitrogens is 5. The highest BCUT2D eigenvalue weighted by Crippen LogP contribution is 2.26. The Hall–Kier alpha value is -2.00. The van der Waals surface area contributed by atoms with Crippen LogP contribution in [0.15, 0.2) is 29.3 Å².